The molecule has 0 aliphatic carbocycles. The number of para-hydroxylation sites is 3. The Balaban J connectivity index is 2.03. The summed E-state index contributed by atoms with van der Waals surface area (Å²) in [7, 11) is 1.64. The first-order chi connectivity index (χ1) is 13.6. The molecule has 0 saturated heterocycles. The number of hydrogen-bond donors (Lipinski definition) is 1. The average molecular weight is 381 g/mol. The van der Waals surface area contributed by atoms with Crippen molar-refractivity contribution in [1.29, 1.82) is 0 Å². The lowest BCUT2D eigenvalue weighted by Crippen LogP contribution is -2.47. The third kappa shape index (κ3) is 3.80. The Morgan fingerprint density at radius 1 is 1.00 bits per heavy atom. The van der Waals surface area contributed by atoms with Gasteiger partial charge in [-0.1, -0.05) is 51.1 Å². The van der Waals surface area contributed by atoms with Gasteiger partial charge in [0.15, 0.2) is 17.6 Å². The van der Waals surface area contributed by atoms with Crippen LogP contribution in [0, 0.1) is 0 Å². The number of nitrogens with one attached hydrogen (secondary N) is 1. The molecule has 0 spiro atoms. The van der Waals surface area contributed by atoms with Gasteiger partial charge in [-0.05, 0) is 36.1 Å². The van der Waals surface area contributed by atoms with Gasteiger partial charge < -0.3 is 4.74 Å². The van der Waals surface area contributed by atoms with Crippen LogP contribution in [0.15, 0.2) is 42.5 Å². The van der Waals surface area contributed by atoms with E-state index in [9.17, 15) is 4.79 Å². The Kier molecular flexibility index (Phi) is 6.47. The molecule has 3 aromatic rings. The van der Waals surface area contributed by atoms with Crippen molar-refractivity contribution >= 4 is 22.6 Å². The van der Waals surface area contributed by atoms with E-state index >= 15 is 0 Å². The molecule has 5 nitrogen and oxygen atoms in total. The summed E-state index contributed by atoms with van der Waals surface area (Å²) in [5.41, 5.74) is 5.44. The van der Waals surface area contributed by atoms with E-state index in [0.717, 1.165) is 41.8 Å². The second-order valence-electron chi connectivity index (χ2n) is 6.90. The number of rotatable bonds is 8. The minimum absolute atomic E-state index is 0.0295. The summed E-state index contributed by atoms with van der Waals surface area (Å²) in [6.07, 6.45) is 2.58. The highest BCUT2D eigenvalue weighted by Gasteiger charge is 2.26. The third-order valence-corrected chi connectivity index (χ3v) is 5.22. The molecule has 5 heteroatoms. The molecule has 0 radical (unpaired) electrons. The van der Waals surface area contributed by atoms with Gasteiger partial charge in [0.05, 0.1) is 5.69 Å². The maximum absolute atomic E-state index is 13.5. The average Bonchev–Trinajstić information content (AvgIpc) is 3.09. The first-order valence-electron chi connectivity index (χ1n) is 10.0. The van der Waals surface area contributed by atoms with Gasteiger partial charge >= 0.3 is 0 Å². The summed E-state index contributed by atoms with van der Waals surface area (Å²) < 4.78 is 7.51. The Bertz CT molecular complexity index is 939. The molecule has 2 aromatic carbocycles. The van der Waals surface area contributed by atoms with Gasteiger partial charge in [0.25, 0.3) is 11.7 Å². The highest BCUT2D eigenvalue weighted by molar-refractivity contribution is 5.94. The molecular formula is C23H30N3O2+. The van der Waals surface area contributed by atoms with Crippen molar-refractivity contribution in [3.8, 4) is 0 Å². The minimum atomic E-state index is 0.0295. The zero-order valence-electron chi connectivity index (χ0n) is 17.3. The third-order valence-electron chi connectivity index (χ3n) is 5.22. The molecular weight excluding hydrogens is 350 g/mol. The molecule has 1 heterocycles. The zero-order valence-corrected chi connectivity index (χ0v) is 17.3. The Morgan fingerprint density at radius 3 is 2.29 bits per heavy atom. The number of carbonyl (C=O) groups is 1. The van der Waals surface area contributed by atoms with Crippen molar-refractivity contribution in [2.45, 2.75) is 46.6 Å². The van der Waals surface area contributed by atoms with Gasteiger partial charge in [-0.3, -0.25) is 9.69 Å². The molecule has 1 N–H and O–H groups in total. The number of carbonyl (C=O) groups excluding carboxylic acids is 1. The predicted octanol–water partition coefficient (Wildman–Crippen LogP) is 3.78. The lowest BCUT2D eigenvalue weighted by atomic mass is 10.0. The number of anilines is 1. The SMILES string of the molecule is CCc1cccc(CC)c1N(COC)C(=O)C[n+]1c(CC)[nH]c2ccccc21. The first-order valence-corrected chi connectivity index (χ1v) is 10.0. The molecule has 3 rings (SSSR count). The fourth-order valence-corrected chi connectivity index (χ4v) is 3.82. The Labute approximate surface area is 166 Å². The standard InChI is InChI=1S/C23H29N3O2/c1-5-17-11-10-12-18(6-2)23(17)26(16-28-4)22(27)15-25-20-14-9-8-13-19(20)24-21(25)7-3/h8-14H,5-7,15-16H2,1-4H3/p+1. The minimum Gasteiger partial charge on any atom is -0.364 e. The number of benzene rings is 2. The van der Waals surface area contributed by atoms with Gasteiger partial charge in [-0.2, -0.15) is 0 Å². The van der Waals surface area contributed by atoms with E-state index in [0.29, 0.717) is 0 Å². The lowest BCUT2D eigenvalue weighted by Gasteiger charge is -2.26. The maximum atomic E-state index is 13.5. The van der Waals surface area contributed by atoms with Crippen LogP contribution in [0.25, 0.3) is 11.0 Å². The molecule has 0 fully saturated rings. The van der Waals surface area contributed by atoms with Crippen molar-refractivity contribution in [3.63, 3.8) is 0 Å². The molecule has 1 amide bonds. The van der Waals surface area contributed by atoms with Gasteiger partial charge in [-0.25, -0.2) is 9.55 Å². The van der Waals surface area contributed by atoms with Gasteiger partial charge in [0.2, 0.25) is 0 Å². The molecule has 0 aliphatic rings. The summed E-state index contributed by atoms with van der Waals surface area (Å²) in [6, 6.07) is 14.4. The molecule has 28 heavy (non-hydrogen) atoms. The number of aryl methyl sites for hydroxylation is 3. The van der Waals surface area contributed by atoms with Crippen molar-refractivity contribution in [3.05, 3.63) is 59.4 Å². The van der Waals surface area contributed by atoms with E-state index in [1.54, 1.807) is 12.0 Å². The van der Waals surface area contributed by atoms with E-state index < -0.39 is 0 Å². The number of methoxy groups -OCH3 is 1. The van der Waals surface area contributed by atoms with Crippen LogP contribution in [0.5, 0.6) is 0 Å². The second-order valence-corrected chi connectivity index (χ2v) is 6.90. The van der Waals surface area contributed by atoms with Crippen molar-refractivity contribution in [2.75, 3.05) is 18.7 Å². The van der Waals surface area contributed by atoms with E-state index in [1.807, 2.05) is 18.2 Å². The number of imidazole rings is 1. The summed E-state index contributed by atoms with van der Waals surface area (Å²) in [5.74, 6) is 1.08. The maximum Gasteiger partial charge on any atom is 0.271 e. The number of ether oxygens (including phenoxy) is 1. The molecule has 0 saturated carbocycles. The van der Waals surface area contributed by atoms with Crippen LogP contribution in [-0.4, -0.2) is 24.7 Å². The van der Waals surface area contributed by atoms with Crippen LogP contribution >= 0.6 is 0 Å². The summed E-state index contributed by atoms with van der Waals surface area (Å²) in [6.45, 7) is 6.86. The Morgan fingerprint density at radius 2 is 1.68 bits per heavy atom. The molecule has 1 aromatic heterocycles. The second kappa shape index (κ2) is 9.02. The summed E-state index contributed by atoms with van der Waals surface area (Å²) in [5, 5.41) is 0. The number of aromatic nitrogens is 2. The van der Waals surface area contributed by atoms with Crippen LogP contribution in [0.1, 0.15) is 37.7 Å². The summed E-state index contributed by atoms with van der Waals surface area (Å²) >= 11 is 0. The van der Waals surface area contributed by atoms with E-state index in [1.165, 1.54) is 11.1 Å². The van der Waals surface area contributed by atoms with Crippen molar-refractivity contribution in [1.82, 2.24) is 4.98 Å². The number of aromatic amines is 1. The lowest BCUT2D eigenvalue weighted by molar-refractivity contribution is -0.665. The van der Waals surface area contributed by atoms with Crippen LogP contribution < -0.4 is 9.47 Å². The van der Waals surface area contributed by atoms with Crippen LogP contribution in [0.4, 0.5) is 5.69 Å². The number of hydrogen-bond acceptors (Lipinski definition) is 2. The predicted molar refractivity (Wildman–Crippen MR) is 112 cm³/mol. The highest BCUT2D eigenvalue weighted by atomic mass is 16.5. The Hall–Kier alpha value is -2.66. The monoisotopic (exact) mass is 380 g/mol. The van der Waals surface area contributed by atoms with Crippen LogP contribution in [-0.2, 0) is 35.3 Å². The molecule has 0 atom stereocenters. The normalized spacial score (nSPS) is 11.1. The number of fused-ring (bicyclic) bond motifs is 1. The fraction of sp³-hybridized carbons (Fsp3) is 0.391. The van der Waals surface area contributed by atoms with Gasteiger partial charge in [-0.15, -0.1) is 0 Å². The zero-order chi connectivity index (χ0) is 20.1. The van der Waals surface area contributed by atoms with Gasteiger partial charge in [0.1, 0.15) is 6.73 Å². The van der Waals surface area contributed by atoms with Crippen LogP contribution in [0.2, 0.25) is 0 Å². The molecule has 0 aliphatic heterocycles. The molecule has 0 unspecified atom stereocenters. The molecule has 148 valence electrons. The largest absolute Gasteiger partial charge is 0.364 e. The van der Waals surface area contributed by atoms with Gasteiger partial charge in [0, 0.05) is 13.5 Å². The number of H-pyrrole nitrogens is 1. The summed E-state index contributed by atoms with van der Waals surface area (Å²) in [4.78, 5) is 18.7. The first kappa shape index (κ1) is 20.1. The topological polar surface area (TPSA) is 49.2 Å². The van der Waals surface area contributed by atoms with Crippen molar-refractivity contribution < 1.29 is 14.1 Å². The van der Waals surface area contributed by atoms with Crippen molar-refractivity contribution in [2.24, 2.45) is 0 Å². The quantitative estimate of drug-likeness (QED) is 0.478. The number of amides is 1. The molecule has 0 bridgehead atoms. The number of nitrogens with zero attached hydrogens (tertiary/aromatic N) is 2. The highest BCUT2D eigenvalue weighted by Crippen LogP contribution is 2.27. The van der Waals surface area contributed by atoms with E-state index in [2.05, 4.69) is 54.6 Å². The van der Waals surface area contributed by atoms with E-state index in [-0.39, 0.29) is 19.2 Å². The smallest absolute Gasteiger partial charge is 0.271 e. The van der Waals surface area contributed by atoms with Crippen LogP contribution in [0.3, 0.4) is 0 Å². The van der Waals surface area contributed by atoms with E-state index in [4.69, 9.17) is 4.74 Å². The fourth-order valence-electron chi connectivity index (χ4n) is 3.82.